The van der Waals surface area contributed by atoms with Gasteiger partial charge in [0.2, 0.25) is 0 Å². The first-order chi connectivity index (χ1) is 16.4. The second-order valence-corrected chi connectivity index (χ2v) is 8.91. The fourth-order valence-corrected chi connectivity index (χ4v) is 4.25. The van der Waals surface area contributed by atoms with Gasteiger partial charge >= 0.3 is 0 Å². The summed E-state index contributed by atoms with van der Waals surface area (Å²) < 4.78 is 12.0. The molecule has 7 heteroatoms. The molecular formula is C27H28Cl2N2O3. The van der Waals surface area contributed by atoms with Gasteiger partial charge in [-0.2, -0.15) is 5.26 Å². The van der Waals surface area contributed by atoms with Crippen LogP contribution in [0.25, 0.3) is 6.08 Å². The van der Waals surface area contributed by atoms with Gasteiger partial charge in [-0.25, -0.2) is 0 Å². The minimum Gasteiger partial charge on any atom is -0.490 e. The Kier molecular flexibility index (Phi) is 9.44. The highest BCUT2D eigenvalue weighted by atomic mass is 35.5. The lowest BCUT2D eigenvalue weighted by atomic mass is 10.0. The first kappa shape index (κ1) is 25.7. The number of carbonyl (C=O) groups excluding carboxylic acids is 1. The summed E-state index contributed by atoms with van der Waals surface area (Å²) in [6, 6.07) is 11.2. The monoisotopic (exact) mass is 498 g/mol. The molecule has 0 unspecified atom stereocenters. The third kappa shape index (κ3) is 6.79. The number of nitriles is 1. The molecule has 0 heterocycles. The molecule has 2 aromatic rings. The molecular weight excluding hydrogens is 471 g/mol. The van der Waals surface area contributed by atoms with E-state index >= 15 is 0 Å². The molecule has 5 nitrogen and oxygen atoms in total. The second kappa shape index (κ2) is 12.5. The summed E-state index contributed by atoms with van der Waals surface area (Å²) in [5.41, 5.74) is 2.44. The number of ether oxygens (including phenoxy) is 2. The number of hydrogen-bond acceptors (Lipinski definition) is 4. The molecule has 0 radical (unpaired) electrons. The zero-order valence-corrected chi connectivity index (χ0v) is 20.7. The molecule has 3 rings (SSSR count). The standard InChI is InChI=1S/C27H28Cl2N2O3/c1-3-7-20-12-19(13-21(16-30)27(32)31-22-8-5-6-9-22)15-25(33-4-2)26(20)34-17-18-10-11-23(28)24(29)14-18/h3,10-15,22H,1,4-9,17H2,2H3,(H,31,32)/b21-13-. The largest absolute Gasteiger partial charge is 0.490 e. The van der Waals surface area contributed by atoms with E-state index in [9.17, 15) is 10.1 Å². The summed E-state index contributed by atoms with van der Waals surface area (Å²) in [7, 11) is 0. The second-order valence-electron chi connectivity index (χ2n) is 8.09. The van der Waals surface area contributed by atoms with Crippen molar-refractivity contribution < 1.29 is 14.3 Å². The summed E-state index contributed by atoms with van der Waals surface area (Å²) in [6.45, 7) is 6.42. The Labute approximate surface area is 211 Å². The third-order valence-corrected chi connectivity index (χ3v) is 6.29. The summed E-state index contributed by atoms with van der Waals surface area (Å²) in [4.78, 5) is 12.6. The quantitative estimate of drug-likeness (QED) is 0.225. The number of allylic oxidation sites excluding steroid dienone is 1. The minimum atomic E-state index is -0.349. The van der Waals surface area contributed by atoms with Crippen LogP contribution in [0.15, 0.2) is 48.6 Å². The molecule has 1 aliphatic carbocycles. The molecule has 0 bridgehead atoms. The number of halogens is 2. The molecule has 0 spiro atoms. The van der Waals surface area contributed by atoms with E-state index in [1.165, 1.54) is 0 Å². The SMILES string of the molecule is C=CCc1cc(/C=C(/C#N)C(=O)NC2CCCC2)cc(OCC)c1OCc1ccc(Cl)c(Cl)c1. The number of carbonyl (C=O) groups is 1. The summed E-state index contributed by atoms with van der Waals surface area (Å²) >= 11 is 12.1. The zero-order valence-electron chi connectivity index (χ0n) is 19.2. The Morgan fingerprint density at radius 2 is 1.97 bits per heavy atom. The lowest BCUT2D eigenvalue weighted by molar-refractivity contribution is -0.117. The van der Waals surface area contributed by atoms with Gasteiger partial charge in [-0.05, 0) is 67.7 Å². The number of amides is 1. The van der Waals surface area contributed by atoms with E-state index in [1.807, 2.05) is 25.1 Å². The van der Waals surface area contributed by atoms with E-state index in [1.54, 1.807) is 30.4 Å². The minimum absolute atomic E-state index is 0.0587. The van der Waals surface area contributed by atoms with Crippen molar-refractivity contribution in [2.45, 2.75) is 51.7 Å². The van der Waals surface area contributed by atoms with Gasteiger partial charge in [0.25, 0.3) is 5.91 Å². The van der Waals surface area contributed by atoms with Crippen LogP contribution < -0.4 is 14.8 Å². The first-order valence-electron chi connectivity index (χ1n) is 11.3. The van der Waals surface area contributed by atoms with Crippen molar-refractivity contribution in [3.63, 3.8) is 0 Å². The van der Waals surface area contributed by atoms with Gasteiger partial charge in [-0.15, -0.1) is 6.58 Å². The molecule has 1 saturated carbocycles. The average molecular weight is 499 g/mol. The Morgan fingerprint density at radius 3 is 2.62 bits per heavy atom. The smallest absolute Gasteiger partial charge is 0.262 e. The Morgan fingerprint density at radius 1 is 1.21 bits per heavy atom. The van der Waals surface area contributed by atoms with Gasteiger partial charge in [0.1, 0.15) is 18.2 Å². The number of nitrogens with zero attached hydrogens (tertiary/aromatic N) is 1. The third-order valence-electron chi connectivity index (χ3n) is 5.55. The molecule has 0 saturated heterocycles. The van der Waals surface area contributed by atoms with Crippen molar-refractivity contribution in [1.29, 1.82) is 5.26 Å². The van der Waals surface area contributed by atoms with E-state index in [0.717, 1.165) is 36.8 Å². The highest BCUT2D eigenvalue weighted by molar-refractivity contribution is 6.42. The van der Waals surface area contributed by atoms with Gasteiger partial charge in [0.05, 0.1) is 16.7 Å². The van der Waals surface area contributed by atoms with Crippen molar-refractivity contribution >= 4 is 35.2 Å². The van der Waals surface area contributed by atoms with Crippen molar-refractivity contribution in [2.24, 2.45) is 0 Å². The molecule has 1 fully saturated rings. The van der Waals surface area contributed by atoms with Crippen molar-refractivity contribution in [1.82, 2.24) is 5.32 Å². The fourth-order valence-electron chi connectivity index (χ4n) is 3.93. The Hall–Kier alpha value is -2.94. The predicted octanol–water partition coefficient (Wildman–Crippen LogP) is 6.67. The van der Waals surface area contributed by atoms with Gasteiger partial charge in [-0.3, -0.25) is 4.79 Å². The average Bonchev–Trinajstić information content (AvgIpc) is 3.32. The lowest BCUT2D eigenvalue weighted by Crippen LogP contribution is -2.33. The van der Waals surface area contributed by atoms with E-state index in [2.05, 4.69) is 11.9 Å². The molecule has 0 aromatic heterocycles. The Balaban J connectivity index is 1.90. The van der Waals surface area contributed by atoms with Crippen LogP contribution in [0.2, 0.25) is 10.0 Å². The van der Waals surface area contributed by atoms with E-state index < -0.39 is 0 Å². The summed E-state index contributed by atoms with van der Waals surface area (Å²) in [6.07, 6.45) is 7.98. The van der Waals surface area contributed by atoms with E-state index in [0.29, 0.717) is 40.1 Å². The highest BCUT2D eigenvalue weighted by Crippen LogP contribution is 2.36. The maximum atomic E-state index is 12.6. The molecule has 0 atom stereocenters. The predicted molar refractivity (Wildman–Crippen MR) is 136 cm³/mol. The molecule has 178 valence electrons. The maximum absolute atomic E-state index is 12.6. The van der Waals surface area contributed by atoms with Crippen molar-refractivity contribution in [2.75, 3.05) is 6.61 Å². The number of benzene rings is 2. The number of hydrogen-bond donors (Lipinski definition) is 1. The van der Waals surface area contributed by atoms with Crippen molar-refractivity contribution in [3.8, 4) is 17.6 Å². The van der Waals surface area contributed by atoms with Crippen LogP contribution >= 0.6 is 23.2 Å². The highest BCUT2D eigenvalue weighted by Gasteiger charge is 2.20. The normalized spacial score (nSPS) is 13.9. The summed E-state index contributed by atoms with van der Waals surface area (Å²) in [5, 5.41) is 13.5. The van der Waals surface area contributed by atoms with E-state index in [-0.39, 0.29) is 24.1 Å². The van der Waals surface area contributed by atoms with Crippen LogP contribution in [0.4, 0.5) is 0 Å². The first-order valence-corrected chi connectivity index (χ1v) is 12.1. The lowest BCUT2D eigenvalue weighted by Gasteiger charge is -2.17. The van der Waals surface area contributed by atoms with Crippen LogP contribution in [-0.2, 0) is 17.8 Å². The molecule has 1 aliphatic rings. The van der Waals surface area contributed by atoms with Gasteiger partial charge in [0.15, 0.2) is 11.5 Å². The molecule has 1 N–H and O–H groups in total. The number of nitrogens with one attached hydrogen (secondary N) is 1. The van der Waals surface area contributed by atoms with Crippen LogP contribution in [0.3, 0.4) is 0 Å². The van der Waals surface area contributed by atoms with Gasteiger partial charge in [0, 0.05) is 11.6 Å². The Bertz CT molecular complexity index is 1120. The van der Waals surface area contributed by atoms with Crippen LogP contribution in [0, 0.1) is 11.3 Å². The molecule has 0 aliphatic heterocycles. The van der Waals surface area contributed by atoms with Crippen LogP contribution in [-0.4, -0.2) is 18.6 Å². The van der Waals surface area contributed by atoms with Crippen LogP contribution in [0.1, 0.15) is 49.3 Å². The number of rotatable bonds is 10. The molecule has 34 heavy (non-hydrogen) atoms. The topological polar surface area (TPSA) is 71.4 Å². The maximum Gasteiger partial charge on any atom is 0.262 e. The van der Waals surface area contributed by atoms with Crippen molar-refractivity contribution in [3.05, 3.63) is 75.3 Å². The van der Waals surface area contributed by atoms with E-state index in [4.69, 9.17) is 32.7 Å². The molecule has 2 aromatic carbocycles. The van der Waals surface area contributed by atoms with Crippen LogP contribution in [0.5, 0.6) is 11.5 Å². The zero-order chi connectivity index (χ0) is 24.5. The fraction of sp³-hybridized carbons (Fsp3) is 0.333. The summed E-state index contributed by atoms with van der Waals surface area (Å²) in [5.74, 6) is 0.762. The van der Waals surface area contributed by atoms with Gasteiger partial charge in [-0.1, -0.05) is 48.2 Å². The van der Waals surface area contributed by atoms with Gasteiger partial charge < -0.3 is 14.8 Å². The molecule has 1 amide bonds.